The SMILES string of the molecule is Cl.NCC(NC(=O)C1SCCc2sccc21)C1CCCCC1. The highest BCUT2D eigenvalue weighted by atomic mass is 35.5. The van der Waals surface area contributed by atoms with E-state index in [4.69, 9.17) is 5.73 Å². The first kappa shape index (κ1) is 18.1. The van der Waals surface area contributed by atoms with Crippen molar-refractivity contribution in [2.75, 3.05) is 12.3 Å². The predicted octanol–water partition coefficient (Wildman–Crippen LogP) is 3.52. The van der Waals surface area contributed by atoms with Gasteiger partial charge in [-0.15, -0.1) is 35.5 Å². The van der Waals surface area contributed by atoms with Crippen LogP contribution < -0.4 is 11.1 Å². The summed E-state index contributed by atoms with van der Waals surface area (Å²) in [4.78, 5) is 14.1. The summed E-state index contributed by atoms with van der Waals surface area (Å²) in [6, 6.07) is 2.27. The van der Waals surface area contributed by atoms with E-state index in [9.17, 15) is 4.79 Å². The van der Waals surface area contributed by atoms with Crippen LogP contribution in [0.15, 0.2) is 11.4 Å². The number of carbonyl (C=O) groups excluding carboxylic acids is 1. The fourth-order valence-electron chi connectivity index (χ4n) is 3.53. The Hall–Kier alpha value is -0.230. The Kier molecular flexibility index (Phi) is 7.06. The molecule has 1 saturated carbocycles. The van der Waals surface area contributed by atoms with Gasteiger partial charge >= 0.3 is 0 Å². The highest BCUT2D eigenvalue weighted by Gasteiger charge is 2.31. The molecule has 3 rings (SSSR count). The van der Waals surface area contributed by atoms with E-state index < -0.39 is 0 Å². The number of carbonyl (C=O) groups is 1. The molecule has 0 saturated heterocycles. The molecule has 6 heteroatoms. The zero-order valence-corrected chi connectivity index (χ0v) is 15.2. The molecule has 0 radical (unpaired) electrons. The van der Waals surface area contributed by atoms with Gasteiger partial charge in [-0.25, -0.2) is 0 Å². The van der Waals surface area contributed by atoms with Crippen molar-refractivity contribution in [2.24, 2.45) is 11.7 Å². The lowest BCUT2D eigenvalue weighted by Gasteiger charge is -2.32. The Labute approximate surface area is 147 Å². The molecule has 3 N–H and O–H groups in total. The van der Waals surface area contributed by atoms with E-state index in [1.165, 1.54) is 42.5 Å². The van der Waals surface area contributed by atoms with E-state index in [2.05, 4.69) is 16.8 Å². The third kappa shape index (κ3) is 3.99. The molecule has 2 aliphatic rings. The lowest BCUT2D eigenvalue weighted by molar-refractivity contribution is -0.121. The van der Waals surface area contributed by atoms with Gasteiger partial charge in [0, 0.05) is 17.5 Å². The number of aryl methyl sites for hydroxylation is 1. The fourth-order valence-corrected chi connectivity index (χ4v) is 5.83. The van der Waals surface area contributed by atoms with Crippen LogP contribution in [-0.4, -0.2) is 24.2 Å². The first-order chi connectivity index (χ1) is 10.3. The molecule has 3 nitrogen and oxygen atoms in total. The molecule has 22 heavy (non-hydrogen) atoms. The molecule has 2 atom stereocenters. The Bertz CT molecular complexity index is 488. The normalized spacial score (nSPS) is 23.2. The summed E-state index contributed by atoms with van der Waals surface area (Å²) in [5.41, 5.74) is 7.17. The van der Waals surface area contributed by atoms with Crippen molar-refractivity contribution in [1.29, 1.82) is 0 Å². The second kappa shape index (κ2) is 8.57. The molecule has 1 aromatic heterocycles. The monoisotopic (exact) mass is 360 g/mol. The van der Waals surface area contributed by atoms with Gasteiger partial charge in [0.25, 0.3) is 0 Å². The van der Waals surface area contributed by atoms with Crippen molar-refractivity contribution in [3.63, 3.8) is 0 Å². The van der Waals surface area contributed by atoms with Gasteiger partial charge in [-0.05, 0) is 47.9 Å². The summed E-state index contributed by atoms with van der Waals surface area (Å²) in [7, 11) is 0. The number of nitrogens with two attached hydrogens (primary N) is 1. The van der Waals surface area contributed by atoms with Gasteiger partial charge in [-0.3, -0.25) is 4.79 Å². The number of thiophene rings is 1. The number of thioether (sulfide) groups is 1. The van der Waals surface area contributed by atoms with Crippen LogP contribution in [0.3, 0.4) is 0 Å². The number of rotatable bonds is 4. The van der Waals surface area contributed by atoms with E-state index in [0.717, 1.165) is 12.2 Å². The third-order valence-electron chi connectivity index (χ3n) is 4.71. The van der Waals surface area contributed by atoms with Crippen molar-refractivity contribution in [1.82, 2.24) is 5.32 Å². The molecular weight excluding hydrogens is 336 g/mol. The first-order valence-electron chi connectivity index (χ1n) is 7.98. The van der Waals surface area contributed by atoms with Crippen LogP contribution in [0.2, 0.25) is 0 Å². The molecule has 1 aromatic rings. The molecule has 1 fully saturated rings. The van der Waals surface area contributed by atoms with Crippen molar-refractivity contribution in [3.8, 4) is 0 Å². The minimum atomic E-state index is -0.0300. The standard InChI is InChI=1S/C16H24N2OS2.ClH/c17-10-13(11-4-2-1-3-5-11)18-16(19)15-12-6-8-20-14(12)7-9-21-15;/h6,8,11,13,15H,1-5,7,9-10,17H2,(H,18,19);1H. The summed E-state index contributed by atoms with van der Waals surface area (Å²) in [6.45, 7) is 0.560. The average Bonchev–Trinajstić information content (AvgIpc) is 3.01. The summed E-state index contributed by atoms with van der Waals surface area (Å²) in [5.74, 6) is 1.78. The van der Waals surface area contributed by atoms with Crippen LogP contribution in [0.4, 0.5) is 0 Å². The van der Waals surface area contributed by atoms with Crippen LogP contribution in [-0.2, 0) is 11.2 Å². The van der Waals surface area contributed by atoms with Crippen molar-refractivity contribution >= 4 is 41.4 Å². The maximum atomic E-state index is 12.7. The molecule has 0 aromatic carbocycles. The molecule has 0 spiro atoms. The number of amides is 1. The smallest absolute Gasteiger partial charge is 0.237 e. The Morgan fingerprint density at radius 1 is 1.36 bits per heavy atom. The Balaban J connectivity index is 0.00000176. The van der Waals surface area contributed by atoms with Crippen molar-refractivity contribution in [2.45, 2.75) is 49.8 Å². The maximum Gasteiger partial charge on any atom is 0.237 e. The number of hydrogen-bond donors (Lipinski definition) is 2. The molecule has 1 aliphatic carbocycles. The average molecular weight is 361 g/mol. The summed E-state index contributed by atoms with van der Waals surface area (Å²) in [6.07, 6.45) is 7.42. The third-order valence-corrected chi connectivity index (χ3v) is 6.95. The highest BCUT2D eigenvalue weighted by Crippen LogP contribution is 2.39. The minimum absolute atomic E-state index is 0. The topological polar surface area (TPSA) is 55.1 Å². The van der Waals surface area contributed by atoms with Gasteiger partial charge in [-0.2, -0.15) is 0 Å². The Morgan fingerprint density at radius 3 is 2.86 bits per heavy atom. The van der Waals surface area contributed by atoms with E-state index in [0.29, 0.717) is 12.5 Å². The Morgan fingerprint density at radius 2 is 2.14 bits per heavy atom. The molecule has 1 aliphatic heterocycles. The van der Waals surface area contributed by atoms with E-state index in [1.807, 2.05) is 0 Å². The van der Waals surface area contributed by atoms with Gasteiger partial charge in [0.15, 0.2) is 0 Å². The second-order valence-corrected chi connectivity index (χ2v) is 8.26. The quantitative estimate of drug-likeness (QED) is 0.863. The van der Waals surface area contributed by atoms with Crippen LogP contribution in [0.1, 0.15) is 47.8 Å². The van der Waals surface area contributed by atoms with Crippen molar-refractivity contribution < 1.29 is 4.79 Å². The number of hydrogen-bond acceptors (Lipinski definition) is 4. The zero-order valence-electron chi connectivity index (χ0n) is 12.8. The molecule has 124 valence electrons. The van der Waals surface area contributed by atoms with Gasteiger partial charge in [0.1, 0.15) is 5.25 Å². The predicted molar refractivity (Wildman–Crippen MR) is 98.0 cm³/mol. The highest BCUT2D eigenvalue weighted by molar-refractivity contribution is 8.00. The van der Waals surface area contributed by atoms with Crippen LogP contribution in [0.25, 0.3) is 0 Å². The fraction of sp³-hybridized carbons (Fsp3) is 0.688. The summed E-state index contributed by atoms with van der Waals surface area (Å²) in [5, 5.41) is 5.34. The lowest BCUT2D eigenvalue weighted by atomic mass is 9.84. The number of halogens is 1. The second-order valence-electron chi connectivity index (χ2n) is 6.05. The number of nitrogens with one attached hydrogen (secondary N) is 1. The van der Waals surface area contributed by atoms with E-state index in [1.54, 1.807) is 23.1 Å². The molecule has 2 unspecified atom stereocenters. The molecule has 0 bridgehead atoms. The molecular formula is C16H25ClN2OS2. The summed E-state index contributed by atoms with van der Waals surface area (Å²) < 4.78 is 0. The van der Waals surface area contributed by atoms with Crippen molar-refractivity contribution in [3.05, 3.63) is 21.9 Å². The maximum absolute atomic E-state index is 12.7. The molecule has 1 amide bonds. The minimum Gasteiger partial charge on any atom is -0.351 e. The van der Waals surface area contributed by atoms with E-state index in [-0.39, 0.29) is 29.6 Å². The molecule has 2 heterocycles. The van der Waals surface area contributed by atoms with Gasteiger partial charge in [-0.1, -0.05) is 19.3 Å². The van der Waals surface area contributed by atoms with E-state index >= 15 is 0 Å². The first-order valence-corrected chi connectivity index (χ1v) is 9.90. The van der Waals surface area contributed by atoms with Crippen LogP contribution >= 0.6 is 35.5 Å². The number of fused-ring (bicyclic) bond motifs is 1. The lowest BCUT2D eigenvalue weighted by Crippen LogP contribution is -2.47. The largest absolute Gasteiger partial charge is 0.351 e. The van der Waals surface area contributed by atoms with Gasteiger partial charge < -0.3 is 11.1 Å². The van der Waals surface area contributed by atoms with Gasteiger partial charge in [0.2, 0.25) is 5.91 Å². The summed E-state index contributed by atoms with van der Waals surface area (Å²) >= 11 is 3.55. The van der Waals surface area contributed by atoms with Crippen LogP contribution in [0.5, 0.6) is 0 Å². The van der Waals surface area contributed by atoms with Gasteiger partial charge in [0.05, 0.1) is 0 Å². The van der Waals surface area contributed by atoms with Crippen LogP contribution in [0, 0.1) is 5.92 Å². The zero-order chi connectivity index (χ0) is 14.7.